The molecule has 0 spiro atoms. The Balaban J connectivity index is 1.78. The predicted molar refractivity (Wildman–Crippen MR) is 103 cm³/mol. The maximum absolute atomic E-state index is 12.8. The van der Waals surface area contributed by atoms with Gasteiger partial charge >= 0.3 is 0 Å². The standard InChI is InChI=1S/C19H23N3O2S/c1-3-4-11-20-16(23)10-7-12-22-19(24)17-14-8-5-6-9-15(14)25-18(17)13(2)21-22/h5-6,8-9H,3-4,7,10-12H2,1-2H3,(H,20,23). The third-order valence-electron chi connectivity index (χ3n) is 4.27. The van der Waals surface area contributed by atoms with Crippen molar-refractivity contribution in [3.63, 3.8) is 0 Å². The fourth-order valence-corrected chi connectivity index (χ4v) is 4.08. The van der Waals surface area contributed by atoms with Gasteiger partial charge in [-0.25, -0.2) is 4.68 Å². The topological polar surface area (TPSA) is 64.0 Å². The number of fused-ring (bicyclic) bond motifs is 3. The number of amides is 1. The highest BCUT2D eigenvalue weighted by Crippen LogP contribution is 2.32. The van der Waals surface area contributed by atoms with Crippen LogP contribution in [0.5, 0.6) is 0 Å². The number of carbonyl (C=O) groups is 1. The van der Waals surface area contributed by atoms with Crippen LogP contribution in [-0.2, 0) is 11.3 Å². The first kappa shape index (κ1) is 17.6. The molecule has 1 aromatic carbocycles. The van der Waals surface area contributed by atoms with E-state index in [2.05, 4.69) is 17.3 Å². The zero-order chi connectivity index (χ0) is 17.8. The molecular formula is C19H23N3O2S. The van der Waals surface area contributed by atoms with E-state index in [1.165, 1.54) is 4.68 Å². The van der Waals surface area contributed by atoms with Crippen LogP contribution in [0.2, 0.25) is 0 Å². The molecule has 5 nitrogen and oxygen atoms in total. The lowest BCUT2D eigenvalue weighted by Gasteiger charge is -2.07. The van der Waals surface area contributed by atoms with Crippen LogP contribution in [0.15, 0.2) is 29.1 Å². The number of rotatable bonds is 7. The molecule has 0 unspecified atom stereocenters. The van der Waals surface area contributed by atoms with E-state index in [9.17, 15) is 9.59 Å². The van der Waals surface area contributed by atoms with E-state index >= 15 is 0 Å². The van der Waals surface area contributed by atoms with Gasteiger partial charge in [0, 0.05) is 29.6 Å². The normalized spacial score (nSPS) is 11.3. The van der Waals surface area contributed by atoms with Crippen LogP contribution >= 0.6 is 11.3 Å². The van der Waals surface area contributed by atoms with Crippen LogP contribution < -0.4 is 10.9 Å². The number of thiophene rings is 1. The molecule has 0 aliphatic rings. The van der Waals surface area contributed by atoms with Crippen molar-refractivity contribution in [1.29, 1.82) is 0 Å². The van der Waals surface area contributed by atoms with Gasteiger partial charge in [0.1, 0.15) is 0 Å². The maximum atomic E-state index is 12.8. The van der Waals surface area contributed by atoms with Gasteiger partial charge in [-0.3, -0.25) is 9.59 Å². The molecule has 25 heavy (non-hydrogen) atoms. The van der Waals surface area contributed by atoms with Crippen LogP contribution in [0, 0.1) is 6.92 Å². The number of carbonyl (C=O) groups excluding carboxylic acids is 1. The minimum Gasteiger partial charge on any atom is -0.356 e. The molecule has 0 aliphatic heterocycles. The van der Waals surface area contributed by atoms with Crippen molar-refractivity contribution >= 4 is 37.4 Å². The molecule has 1 amide bonds. The van der Waals surface area contributed by atoms with Crippen molar-refractivity contribution in [2.24, 2.45) is 0 Å². The van der Waals surface area contributed by atoms with E-state index in [1.807, 2.05) is 31.2 Å². The molecule has 0 aliphatic carbocycles. The number of unbranched alkanes of at least 4 members (excludes halogenated alkanes) is 1. The van der Waals surface area contributed by atoms with Crippen molar-refractivity contribution in [3.05, 3.63) is 40.3 Å². The zero-order valence-corrected chi connectivity index (χ0v) is 15.5. The molecule has 0 saturated heterocycles. The van der Waals surface area contributed by atoms with Crippen molar-refractivity contribution in [1.82, 2.24) is 15.1 Å². The summed E-state index contributed by atoms with van der Waals surface area (Å²) in [6.45, 7) is 5.21. The van der Waals surface area contributed by atoms with Gasteiger partial charge in [0.15, 0.2) is 0 Å². The number of nitrogens with zero attached hydrogens (tertiary/aromatic N) is 2. The number of benzene rings is 1. The summed E-state index contributed by atoms with van der Waals surface area (Å²) in [7, 11) is 0. The number of nitrogens with one attached hydrogen (secondary N) is 1. The zero-order valence-electron chi connectivity index (χ0n) is 14.7. The fourth-order valence-electron chi connectivity index (χ4n) is 2.95. The Morgan fingerprint density at radius 3 is 2.88 bits per heavy atom. The molecule has 132 valence electrons. The number of hydrogen-bond acceptors (Lipinski definition) is 4. The molecule has 6 heteroatoms. The van der Waals surface area contributed by atoms with Crippen molar-refractivity contribution in [2.75, 3.05) is 6.54 Å². The minimum atomic E-state index is -0.0653. The monoisotopic (exact) mass is 357 g/mol. The van der Waals surface area contributed by atoms with Crippen LogP contribution in [0.4, 0.5) is 0 Å². The first-order valence-electron chi connectivity index (χ1n) is 8.77. The summed E-state index contributed by atoms with van der Waals surface area (Å²) in [5, 5.41) is 9.09. The molecule has 3 rings (SSSR count). The van der Waals surface area contributed by atoms with Gasteiger partial charge in [-0.1, -0.05) is 31.5 Å². The summed E-state index contributed by atoms with van der Waals surface area (Å²) in [4.78, 5) is 24.6. The Morgan fingerprint density at radius 2 is 2.08 bits per heavy atom. The first-order valence-corrected chi connectivity index (χ1v) is 9.59. The lowest BCUT2D eigenvalue weighted by Crippen LogP contribution is -2.27. The van der Waals surface area contributed by atoms with Gasteiger partial charge in [-0.2, -0.15) is 5.10 Å². The molecule has 0 atom stereocenters. The molecule has 0 saturated carbocycles. The van der Waals surface area contributed by atoms with Gasteiger partial charge < -0.3 is 5.32 Å². The lowest BCUT2D eigenvalue weighted by molar-refractivity contribution is -0.121. The first-order chi connectivity index (χ1) is 12.1. The van der Waals surface area contributed by atoms with Crippen molar-refractivity contribution in [2.45, 2.75) is 46.1 Å². The number of hydrogen-bond donors (Lipinski definition) is 1. The van der Waals surface area contributed by atoms with E-state index in [-0.39, 0.29) is 11.5 Å². The van der Waals surface area contributed by atoms with Gasteiger partial charge in [0.05, 0.1) is 15.8 Å². The molecule has 0 radical (unpaired) electrons. The highest BCUT2D eigenvalue weighted by Gasteiger charge is 2.14. The van der Waals surface area contributed by atoms with Gasteiger partial charge in [-0.05, 0) is 25.8 Å². The van der Waals surface area contributed by atoms with E-state index in [0.717, 1.165) is 45.3 Å². The fraction of sp³-hybridized carbons (Fsp3) is 0.421. The van der Waals surface area contributed by atoms with Crippen molar-refractivity contribution in [3.8, 4) is 0 Å². The second kappa shape index (κ2) is 7.78. The highest BCUT2D eigenvalue weighted by molar-refractivity contribution is 7.26. The average Bonchev–Trinajstić information content (AvgIpc) is 3.00. The van der Waals surface area contributed by atoms with Crippen LogP contribution in [0.1, 0.15) is 38.3 Å². The lowest BCUT2D eigenvalue weighted by atomic mass is 10.2. The Hall–Kier alpha value is -2.21. The van der Waals surface area contributed by atoms with E-state index in [1.54, 1.807) is 11.3 Å². The largest absolute Gasteiger partial charge is 0.356 e. The summed E-state index contributed by atoms with van der Waals surface area (Å²) < 4.78 is 3.57. The van der Waals surface area contributed by atoms with E-state index in [0.29, 0.717) is 19.4 Å². The van der Waals surface area contributed by atoms with Crippen LogP contribution in [0.3, 0.4) is 0 Å². The van der Waals surface area contributed by atoms with Gasteiger partial charge in [0.2, 0.25) is 5.91 Å². The Morgan fingerprint density at radius 1 is 1.28 bits per heavy atom. The summed E-state index contributed by atoms with van der Waals surface area (Å²) >= 11 is 1.61. The molecule has 0 bridgehead atoms. The summed E-state index contributed by atoms with van der Waals surface area (Å²) in [6, 6.07) is 7.95. The summed E-state index contributed by atoms with van der Waals surface area (Å²) in [5.74, 6) is 0.0419. The molecular weight excluding hydrogens is 334 g/mol. The van der Waals surface area contributed by atoms with Gasteiger partial charge in [-0.15, -0.1) is 11.3 Å². The summed E-state index contributed by atoms with van der Waals surface area (Å²) in [6.07, 6.45) is 3.08. The molecule has 0 fully saturated rings. The Labute approximate surface area is 150 Å². The van der Waals surface area contributed by atoms with Gasteiger partial charge in [0.25, 0.3) is 5.56 Å². The predicted octanol–water partition coefficient (Wildman–Crippen LogP) is 3.62. The van der Waals surface area contributed by atoms with Crippen LogP contribution in [0.25, 0.3) is 20.2 Å². The van der Waals surface area contributed by atoms with E-state index < -0.39 is 0 Å². The molecule has 2 aromatic heterocycles. The Bertz CT molecular complexity index is 958. The van der Waals surface area contributed by atoms with E-state index in [4.69, 9.17) is 0 Å². The Kier molecular flexibility index (Phi) is 5.48. The third-order valence-corrected chi connectivity index (χ3v) is 5.55. The SMILES string of the molecule is CCCCNC(=O)CCCn1nc(C)c2sc3ccccc3c2c1=O. The molecule has 2 heterocycles. The maximum Gasteiger partial charge on any atom is 0.276 e. The second-order valence-electron chi connectivity index (χ2n) is 6.22. The number of aryl methyl sites for hydroxylation is 2. The summed E-state index contributed by atoms with van der Waals surface area (Å²) in [5.41, 5.74) is 0.799. The highest BCUT2D eigenvalue weighted by atomic mass is 32.1. The van der Waals surface area contributed by atoms with Crippen LogP contribution in [-0.4, -0.2) is 22.2 Å². The molecule has 3 aromatic rings. The average molecular weight is 357 g/mol. The second-order valence-corrected chi connectivity index (χ2v) is 7.28. The molecule has 1 N–H and O–H groups in total. The minimum absolute atomic E-state index is 0.0419. The smallest absolute Gasteiger partial charge is 0.276 e. The number of aromatic nitrogens is 2. The third kappa shape index (κ3) is 3.74. The quantitative estimate of drug-likeness (QED) is 0.657. The van der Waals surface area contributed by atoms with Crippen molar-refractivity contribution < 1.29 is 4.79 Å².